The van der Waals surface area contributed by atoms with Crippen molar-refractivity contribution in [1.82, 2.24) is 0 Å². The molecule has 0 unspecified atom stereocenters. The van der Waals surface area contributed by atoms with Crippen LogP contribution in [0.1, 0.15) is 37.8 Å². The molecule has 0 heterocycles. The number of aryl methyl sites for hydroxylation is 1. The molecule has 0 fully saturated rings. The number of carbonyl (C=O) groups is 1. The molecule has 0 aliphatic carbocycles. The van der Waals surface area contributed by atoms with Crippen LogP contribution in [-0.4, -0.2) is 18.2 Å². The molecule has 0 radical (unpaired) electrons. The maximum absolute atomic E-state index is 10.6. The first-order chi connectivity index (χ1) is 8.95. The fraction of sp³-hybridized carbons (Fsp3) is 0.438. The molecule has 0 saturated carbocycles. The van der Waals surface area contributed by atoms with Crippen LogP contribution in [0.3, 0.4) is 0 Å². The Morgan fingerprint density at radius 3 is 2.63 bits per heavy atom. The Morgan fingerprint density at radius 1 is 1.42 bits per heavy atom. The highest BCUT2D eigenvalue weighted by molar-refractivity contribution is 5.73. The second-order valence-electron chi connectivity index (χ2n) is 4.95. The largest absolute Gasteiger partial charge is 0.496 e. The van der Waals surface area contributed by atoms with E-state index in [1.54, 1.807) is 7.11 Å². The quantitative estimate of drug-likeness (QED) is 0.845. The number of allylic oxidation sites excluding steroid dienone is 2. The van der Waals surface area contributed by atoms with Crippen LogP contribution in [0.25, 0.3) is 5.57 Å². The number of carboxylic acids is 1. The molecular weight excluding hydrogens is 240 g/mol. The molecule has 3 nitrogen and oxygen atoms in total. The maximum Gasteiger partial charge on any atom is 0.303 e. The summed E-state index contributed by atoms with van der Waals surface area (Å²) in [6.07, 6.45) is 2.71. The van der Waals surface area contributed by atoms with Gasteiger partial charge in [-0.3, -0.25) is 4.79 Å². The van der Waals surface area contributed by atoms with E-state index in [1.807, 2.05) is 25.1 Å². The number of ether oxygens (including phenoxy) is 1. The summed E-state index contributed by atoms with van der Waals surface area (Å²) < 4.78 is 5.40. The molecule has 1 rings (SSSR count). The van der Waals surface area contributed by atoms with Crippen molar-refractivity contribution >= 4 is 11.5 Å². The first kappa shape index (κ1) is 15.3. The number of benzene rings is 1. The van der Waals surface area contributed by atoms with E-state index in [0.717, 1.165) is 16.9 Å². The number of methoxy groups -OCH3 is 1. The Balaban J connectivity index is 3.11. The van der Waals surface area contributed by atoms with E-state index in [4.69, 9.17) is 9.84 Å². The van der Waals surface area contributed by atoms with Crippen molar-refractivity contribution in [3.8, 4) is 5.75 Å². The van der Waals surface area contributed by atoms with E-state index in [-0.39, 0.29) is 6.42 Å². The van der Waals surface area contributed by atoms with Crippen molar-refractivity contribution in [3.63, 3.8) is 0 Å². The predicted octanol–water partition coefficient (Wildman–Crippen LogP) is 3.91. The van der Waals surface area contributed by atoms with E-state index in [0.29, 0.717) is 12.3 Å². The van der Waals surface area contributed by atoms with E-state index < -0.39 is 5.97 Å². The molecule has 0 aliphatic rings. The van der Waals surface area contributed by atoms with Crippen LogP contribution in [0.2, 0.25) is 0 Å². The molecule has 3 heteroatoms. The summed E-state index contributed by atoms with van der Waals surface area (Å²) in [6, 6.07) is 6.06. The molecule has 104 valence electrons. The summed E-state index contributed by atoms with van der Waals surface area (Å²) in [5, 5.41) is 8.73. The normalized spacial score (nSPS) is 11.7. The van der Waals surface area contributed by atoms with Gasteiger partial charge in [0.2, 0.25) is 0 Å². The molecule has 0 spiro atoms. The van der Waals surface area contributed by atoms with E-state index in [1.165, 1.54) is 5.56 Å². The summed E-state index contributed by atoms with van der Waals surface area (Å²) >= 11 is 0. The third kappa shape index (κ3) is 4.43. The fourth-order valence-electron chi connectivity index (χ4n) is 2.06. The molecule has 1 N–H and O–H groups in total. The molecule has 0 bridgehead atoms. The third-order valence-corrected chi connectivity index (χ3v) is 3.01. The van der Waals surface area contributed by atoms with Crippen molar-refractivity contribution < 1.29 is 14.6 Å². The monoisotopic (exact) mass is 262 g/mol. The van der Waals surface area contributed by atoms with Gasteiger partial charge in [-0.25, -0.2) is 0 Å². The average Bonchev–Trinajstić information content (AvgIpc) is 2.34. The van der Waals surface area contributed by atoms with Gasteiger partial charge in [0.25, 0.3) is 0 Å². The number of rotatable bonds is 6. The maximum atomic E-state index is 10.6. The summed E-state index contributed by atoms with van der Waals surface area (Å²) in [5.41, 5.74) is 3.37. The number of hydrogen-bond acceptors (Lipinski definition) is 2. The SMILES string of the molecule is COc1ccc(C)cc1/C(=C/CCC(=O)O)C(C)C. The van der Waals surface area contributed by atoms with Gasteiger partial charge in [0.15, 0.2) is 0 Å². The minimum absolute atomic E-state index is 0.157. The highest BCUT2D eigenvalue weighted by atomic mass is 16.5. The lowest BCUT2D eigenvalue weighted by Crippen LogP contribution is -1.99. The van der Waals surface area contributed by atoms with Gasteiger partial charge < -0.3 is 9.84 Å². The first-order valence-electron chi connectivity index (χ1n) is 6.52. The highest BCUT2D eigenvalue weighted by Crippen LogP contribution is 2.32. The molecule has 0 amide bonds. The molecule has 1 aromatic rings. The van der Waals surface area contributed by atoms with Crippen LogP contribution < -0.4 is 4.74 Å². The molecule has 0 saturated heterocycles. The van der Waals surface area contributed by atoms with Crippen LogP contribution in [0, 0.1) is 12.8 Å². The van der Waals surface area contributed by atoms with Gasteiger partial charge in [0.1, 0.15) is 5.75 Å². The zero-order valence-corrected chi connectivity index (χ0v) is 12.1. The lowest BCUT2D eigenvalue weighted by molar-refractivity contribution is -0.136. The zero-order valence-electron chi connectivity index (χ0n) is 12.1. The van der Waals surface area contributed by atoms with Crippen LogP contribution in [0.5, 0.6) is 5.75 Å². The van der Waals surface area contributed by atoms with E-state index in [9.17, 15) is 4.79 Å². The molecule has 0 aliphatic heterocycles. The van der Waals surface area contributed by atoms with Gasteiger partial charge in [-0.1, -0.05) is 31.6 Å². The number of hydrogen-bond donors (Lipinski definition) is 1. The highest BCUT2D eigenvalue weighted by Gasteiger charge is 2.12. The van der Waals surface area contributed by atoms with Crippen molar-refractivity contribution in [2.45, 2.75) is 33.6 Å². The van der Waals surface area contributed by atoms with Crippen LogP contribution in [-0.2, 0) is 4.79 Å². The van der Waals surface area contributed by atoms with Crippen LogP contribution >= 0.6 is 0 Å². The molecule has 0 atom stereocenters. The Bertz CT molecular complexity index is 473. The van der Waals surface area contributed by atoms with Crippen LogP contribution in [0.15, 0.2) is 24.3 Å². The fourth-order valence-corrected chi connectivity index (χ4v) is 2.06. The molecular formula is C16H22O3. The van der Waals surface area contributed by atoms with Gasteiger partial charge in [0.05, 0.1) is 7.11 Å². The van der Waals surface area contributed by atoms with E-state index in [2.05, 4.69) is 19.9 Å². The van der Waals surface area contributed by atoms with E-state index >= 15 is 0 Å². The van der Waals surface area contributed by atoms with Crippen LogP contribution in [0.4, 0.5) is 0 Å². The van der Waals surface area contributed by atoms with Crippen molar-refractivity contribution in [1.29, 1.82) is 0 Å². The van der Waals surface area contributed by atoms with Crippen molar-refractivity contribution in [3.05, 3.63) is 35.4 Å². The zero-order chi connectivity index (χ0) is 14.4. The lowest BCUT2D eigenvalue weighted by atomic mass is 9.92. The summed E-state index contributed by atoms with van der Waals surface area (Å²) in [4.78, 5) is 10.6. The molecule has 1 aromatic carbocycles. The summed E-state index contributed by atoms with van der Waals surface area (Å²) in [7, 11) is 1.66. The second-order valence-corrected chi connectivity index (χ2v) is 4.95. The minimum atomic E-state index is -0.768. The third-order valence-electron chi connectivity index (χ3n) is 3.01. The van der Waals surface area contributed by atoms with Crippen molar-refractivity contribution in [2.24, 2.45) is 5.92 Å². The van der Waals surface area contributed by atoms with Gasteiger partial charge in [-0.05, 0) is 37.0 Å². The smallest absolute Gasteiger partial charge is 0.303 e. The van der Waals surface area contributed by atoms with Gasteiger partial charge in [0, 0.05) is 12.0 Å². The predicted molar refractivity (Wildman–Crippen MR) is 77.4 cm³/mol. The Kier molecular flexibility index (Phi) is 5.61. The Labute approximate surface area is 114 Å². The second kappa shape index (κ2) is 6.98. The molecule has 0 aromatic heterocycles. The standard InChI is InChI=1S/C16H22O3/c1-11(2)13(6-5-7-16(17)18)14-10-12(3)8-9-15(14)19-4/h6,8-11H,5,7H2,1-4H3,(H,17,18)/b13-6+. The molecule has 19 heavy (non-hydrogen) atoms. The lowest BCUT2D eigenvalue weighted by Gasteiger charge is -2.16. The number of carboxylic acid groups (broad SMARTS) is 1. The first-order valence-corrected chi connectivity index (χ1v) is 6.52. The average molecular weight is 262 g/mol. The van der Waals surface area contributed by atoms with Crippen molar-refractivity contribution in [2.75, 3.05) is 7.11 Å². The summed E-state index contributed by atoms with van der Waals surface area (Å²) in [5.74, 6) is 0.390. The Hall–Kier alpha value is -1.77. The summed E-state index contributed by atoms with van der Waals surface area (Å²) in [6.45, 7) is 6.25. The van der Waals surface area contributed by atoms with Gasteiger partial charge in [-0.15, -0.1) is 0 Å². The van der Waals surface area contributed by atoms with Gasteiger partial charge in [-0.2, -0.15) is 0 Å². The topological polar surface area (TPSA) is 46.5 Å². The minimum Gasteiger partial charge on any atom is -0.496 e. The Morgan fingerprint density at radius 2 is 2.11 bits per heavy atom. The number of aliphatic carboxylic acids is 1. The van der Waals surface area contributed by atoms with Gasteiger partial charge >= 0.3 is 5.97 Å².